The quantitative estimate of drug-likeness (QED) is 0.623. The maximum absolute atomic E-state index is 12.8. The van der Waals surface area contributed by atoms with Crippen LogP contribution < -0.4 is 10.9 Å². The Morgan fingerprint density at radius 3 is 2.10 bits per heavy atom. The summed E-state index contributed by atoms with van der Waals surface area (Å²) in [6.45, 7) is 5.77. The molecule has 4 nitrogen and oxygen atoms in total. The molecule has 154 valence electrons. The van der Waals surface area contributed by atoms with Crippen molar-refractivity contribution in [2.75, 3.05) is 0 Å². The van der Waals surface area contributed by atoms with E-state index < -0.39 is 34.9 Å². The Balaban J connectivity index is 1.95. The molecule has 1 aromatic heterocycles. The Morgan fingerprint density at radius 1 is 0.967 bits per heavy atom. The fourth-order valence-electron chi connectivity index (χ4n) is 2.99. The average Bonchev–Trinajstić information content (AvgIpc) is 2.72. The summed E-state index contributed by atoms with van der Waals surface area (Å²) in [5.74, 6) is -0.775. The first-order valence-corrected chi connectivity index (χ1v) is 9.09. The van der Waals surface area contributed by atoms with Gasteiger partial charge in [-0.05, 0) is 35.7 Å². The van der Waals surface area contributed by atoms with Crippen LogP contribution >= 0.6 is 0 Å². The molecule has 1 heterocycles. The van der Waals surface area contributed by atoms with E-state index in [-0.39, 0.29) is 0 Å². The highest BCUT2D eigenvalue weighted by molar-refractivity contribution is 5.94. The number of aromatic amines is 1. The number of alkyl halides is 3. The van der Waals surface area contributed by atoms with E-state index in [4.69, 9.17) is 0 Å². The van der Waals surface area contributed by atoms with Crippen molar-refractivity contribution < 1.29 is 18.0 Å². The van der Waals surface area contributed by atoms with Crippen LogP contribution in [0.4, 0.5) is 13.2 Å². The number of allylic oxidation sites excluding steroid dienone is 1. The van der Waals surface area contributed by atoms with Crippen LogP contribution in [-0.2, 0) is 6.18 Å². The number of pyridine rings is 1. The molecule has 0 spiro atoms. The lowest BCUT2D eigenvalue weighted by Crippen LogP contribution is -2.34. The minimum Gasteiger partial charge on any atom is -0.341 e. The molecule has 1 unspecified atom stereocenters. The third kappa shape index (κ3) is 4.68. The second kappa shape index (κ2) is 8.41. The van der Waals surface area contributed by atoms with Gasteiger partial charge in [0.05, 0.1) is 6.04 Å². The number of hydrogen-bond acceptors (Lipinski definition) is 2. The molecular weight excluding hydrogens is 393 g/mol. The first-order chi connectivity index (χ1) is 14.2. The third-order valence-electron chi connectivity index (χ3n) is 4.60. The molecule has 0 saturated carbocycles. The fourth-order valence-corrected chi connectivity index (χ4v) is 2.99. The van der Waals surface area contributed by atoms with E-state index in [9.17, 15) is 22.8 Å². The Labute approximate surface area is 171 Å². The van der Waals surface area contributed by atoms with Crippen molar-refractivity contribution in [3.8, 4) is 0 Å². The monoisotopic (exact) mass is 412 g/mol. The van der Waals surface area contributed by atoms with Gasteiger partial charge in [0, 0.05) is 0 Å². The van der Waals surface area contributed by atoms with Gasteiger partial charge < -0.3 is 10.3 Å². The molecular formula is C23H19F3N2O2. The molecule has 0 radical (unpaired) electrons. The summed E-state index contributed by atoms with van der Waals surface area (Å²) in [6, 6.07) is 17.4. The van der Waals surface area contributed by atoms with Crippen molar-refractivity contribution in [2.24, 2.45) is 0 Å². The highest BCUT2D eigenvalue weighted by Gasteiger charge is 2.32. The number of hydrogen-bond donors (Lipinski definition) is 2. The molecule has 0 fully saturated rings. The van der Waals surface area contributed by atoms with Crippen molar-refractivity contribution in [3.05, 3.63) is 112 Å². The van der Waals surface area contributed by atoms with Gasteiger partial charge in [0.15, 0.2) is 0 Å². The Hall–Kier alpha value is -3.61. The maximum Gasteiger partial charge on any atom is 0.431 e. The first kappa shape index (κ1) is 21.1. The van der Waals surface area contributed by atoms with Gasteiger partial charge in [0.1, 0.15) is 11.3 Å². The molecule has 3 rings (SSSR count). The number of amides is 1. The number of aromatic nitrogens is 1. The SMILES string of the molecule is C=C(C)c1ccc(C(NC(=O)c2ccc(C(F)(F)F)[nH]c2=O)c2ccccc2)cc1. The molecule has 0 bridgehead atoms. The zero-order valence-electron chi connectivity index (χ0n) is 16.1. The van der Waals surface area contributed by atoms with E-state index in [0.29, 0.717) is 6.07 Å². The minimum absolute atomic E-state index is 0.400. The summed E-state index contributed by atoms with van der Waals surface area (Å²) in [5, 5.41) is 2.75. The summed E-state index contributed by atoms with van der Waals surface area (Å²) in [6.07, 6.45) is -4.70. The second-order valence-corrected chi connectivity index (χ2v) is 6.83. The van der Waals surface area contributed by atoms with Crippen LogP contribution in [0.1, 0.15) is 45.7 Å². The topological polar surface area (TPSA) is 62.0 Å². The van der Waals surface area contributed by atoms with Crippen molar-refractivity contribution in [1.29, 1.82) is 0 Å². The second-order valence-electron chi connectivity index (χ2n) is 6.83. The lowest BCUT2D eigenvalue weighted by Gasteiger charge is -2.20. The predicted octanol–water partition coefficient (Wildman–Crippen LogP) is 4.95. The Bertz CT molecular complexity index is 1120. The molecule has 7 heteroatoms. The van der Waals surface area contributed by atoms with Gasteiger partial charge >= 0.3 is 6.18 Å². The predicted molar refractivity (Wildman–Crippen MR) is 109 cm³/mol. The van der Waals surface area contributed by atoms with Gasteiger partial charge in [-0.1, -0.05) is 66.7 Å². The van der Waals surface area contributed by atoms with E-state index in [1.54, 1.807) is 4.98 Å². The number of rotatable bonds is 5. The van der Waals surface area contributed by atoms with Crippen LogP contribution in [0.3, 0.4) is 0 Å². The van der Waals surface area contributed by atoms with Crippen LogP contribution in [0.15, 0.2) is 78.1 Å². The smallest absolute Gasteiger partial charge is 0.341 e. The molecule has 2 N–H and O–H groups in total. The molecule has 0 aliphatic carbocycles. The van der Waals surface area contributed by atoms with Crippen LogP contribution in [0.2, 0.25) is 0 Å². The molecule has 0 aliphatic heterocycles. The summed E-state index contributed by atoms with van der Waals surface area (Å²) in [4.78, 5) is 26.5. The van der Waals surface area contributed by atoms with E-state index in [0.717, 1.165) is 28.3 Å². The molecule has 30 heavy (non-hydrogen) atoms. The van der Waals surface area contributed by atoms with Crippen LogP contribution in [0, 0.1) is 0 Å². The summed E-state index contributed by atoms with van der Waals surface area (Å²) in [7, 11) is 0. The number of carbonyl (C=O) groups is 1. The number of benzene rings is 2. The maximum atomic E-state index is 12.8. The Morgan fingerprint density at radius 2 is 1.57 bits per heavy atom. The van der Waals surface area contributed by atoms with Gasteiger partial charge in [-0.2, -0.15) is 13.2 Å². The molecule has 1 atom stereocenters. The van der Waals surface area contributed by atoms with Gasteiger partial charge in [0.25, 0.3) is 11.5 Å². The first-order valence-electron chi connectivity index (χ1n) is 9.09. The normalized spacial score (nSPS) is 12.3. The fraction of sp³-hybridized carbons (Fsp3) is 0.130. The lowest BCUT2D eigenvalue weighted by molar-refractivity contribution is -0.141. The van der Waals surface area contributed by atoms with E-state index >= 15 is 0 Å². The molecule has 1 amide bonds. The van der Waals surface area contributed by atoms with E-state index in [1.165, 1.54) is 0 Å². The number of carbonyl (C=O) groups excluding carboxylic acids is 1. The number of halogens is 3. The van der Waals surface area contributed by atoms with Crippen LogP contribution in [-0.4, -0.2) is 10.9 Å². The standard InChI is InChI=1S/C23H19F3N2O2/c1-14(2)15-8-10-17(11-9-15)20(16-6-4-3-5-7-16)28-22(30)18-12-13-19(23(24,25)26)27-21(18)29/h3-13,20H,1H2,2H3,(H,27,29)(H,28,30). The Kier molecular flexibility index (Phi) is 5.91. The van der Waals surface area contributed by atoms with Gasteiger partial charge in [-0.15, -0.1) is 0 Å². The van der Waals surface area contributed by atoms with Gasteiger partial charge in [0.2, 0.25) is 0 Å². The largest absolute Gasteiger partial charge is 0.431 e. The highest BCUT2D eigenvalue weighted by Crippen LogP contribution is 2.27. The van der Waals surface area contributed by atoms with Gasteiger partial charge in [-0.3, -0.25) is 9.59 Å². The summed E-state index contributed by atoms with van der Waals surface area (Å²) >= 11 is 0. The molecule has 0 aliphatic rings. The molecule has 3 aromatic rings. The zero-order valence-corrected chi connectivity index (χ0v) is 16.1. The minimum atomic E-state index is -4.70. The van der Waals surface area contributed by atoms with Gasteiger partial charge in [-0.25, -0.2) is 0 Å². The number of nitrogens with one attached hydrogen (secondary N) is 2. The average molecular weight is 412 g/mol. The zero-order chi connectivity index (χ0) is 21.9. The summed E-state index contributed by atoms with van der Waals surface area (Å²) in [5.41, 5.74) is 0.627. The third-order valence-corrected chi connectivity index (χ3v) is 4.60. The van der Waals surface area contributed by atoms with Crippen molar-refractivity contribution in [1.82, 2.24) is 10.3 Å². The molecule has 2 aromatic carbocycles. The van der Waals surface area contributed by atoms with Crippen molar-refractivity contribution in [2.45, 2.75) is 19.1 Å². The van der Waals surface area contributed by atoms with E-state index in [2.05, 4.69) is 11.9 Å². The highest BCUT2D eigenvalue weighted by atomic mass is 19.4. The van der Waals surface area contributed by atoms with E-state index in [1.807, 2.05) is 61.5 Å². The van der Waals surface area contributed by atoms with Crippen LogP contribution in [0.5, 0.6) is 0 Å². The van der Waals surface area contributed by atoms with Crippen molar-refractivity contribution in [3.63, 3.8) is 0 Å². The lowest BCUT2D eigenvalue weighted by atomic mass is 9.96. The van der Waals surface area contributed by atoms with Crippen LogP contribution in [0.25, 0.3) is 5.57 Å². The summed E-state index contributed by atoms with van der Waals surface area (Å²) < 4.78 is 38.3. The number of H-pyrrole nitrogens is 1. The van der Waals surface area contributed by atoms with Crippen molar-refractivity contribution >= 4 is 11.5 Å². The molecule has 0 saturated heterocycles.